The Kier molecular flexibility index (Phi) is 10.3. The van der Waals surface area contributed by atoms with Crippen LogP contribution in [0.1, 0.15) is 43.9 Å². The van der Waals surface area contributed by atoms with Crippen molar-refractivity contribution in [1.82, 2.24) is 10.2 Å². The summed E-state index contributed by atoms with van der Waals surface area (Å²) in [4.78, 5) is 28.9. The van der Waals surface area contributed by atoms with Gasteiger partial charge in [-0.25, -0.2) is 8.42 Å². The first-order chi connectivity index (χ1) is 18.6. The molecule has 1 N–H and O–H groups in total. The summed E-state index contributed by atoms with van der Waals surface area (Å²) in [5.74, 6) is -0.453. The van der Waals surface area contributed by atoms with Gasteiger partial charge in [0.15, 0.2) is 0 Å². The number of nitrogens with zero attached hydrogens (tertiary/aromatic N) is 2. The normalized spacial score (nSPS) is 12.2. The minimum absolute atomic E-state index is 0.0926. The number of carbonyl (C=O) groups is 2. The van der Waals surface area contributed by atoms with Crippen LogP contribution in [0, 0.1) is 19.8 Å². The monoisotopic (exact) mass is 549 g/mol. The average Bonchev–Trinajstić information content (AvgIpc) is 2.93. The smallest absolute Gasteiger partial charge is 0.264 e. The zero-order chi connectivity index (χ0) is 28.6. The van der Waals surface area contributed by atoms with Gasteiger partial charge in [-0.1, -0.05) is 81.4 Å². The van der Waals surface area contributed by atoms with Crippen LogP contribution in [0.5, 0.6) is 0 Å². The molecule has 0 saturated carbocycles. The number of anilines is 1. The number of sulfonamides is 1. The number of nitrogens with one attached hydrogen (secondary N) is 1. The second kappa shape index (κ2) is 13.4. The van der Waals surface area contributed by atoms with Crippen molar-refractivity contribution in [3.05, 3.63) is 95.6 Å². The van der Waals surface area contributed by atoms with Gasteiger partial charge in [0.1, 0.15) is 12.6 Å². The lowest BCUT2D eigenvalue weighted by Crippen LogP contribution is -2.52. The largest absolute Gasteiger partial charge is 0.354 e. The third-order valence-corrected chi connectivity index (χ3v) is 8.49. The molecule has 39 heavy (non-hydrogen) atoms. The van der Waals surface area contributed by atoms with Crippen molar-refractivity contribution in [2.45, 2.75) is 58.5 Å². The van der Waals surface area contributed by atoms with E-state index in [2.05, 4.69) is 5.32 Å². The first-order valence-corrected chi connectivity index (χ1v) is 14.7. The van der Waals surface area contributed by atoms with Gasteiger partial charge in [0.25, 0.3) is 10.0 Å². The molecule has 0 aliphatic heterocycles. The predicted octanol–water partition coefficient (Wildman–Crippen LogP) is 5.08. The van der Waals surface area contributed by atoms with Crippen LogP contribution < -0.4 is 9.62 Å². The van der Waals surface area contributed by atoms with Crippen LogP contribution in [-0.2, 0) is 26.2 Å². The molecule has 208 valence electrons. The van der Waals surface area contributed by atoms with E-state index in [1.54, 1.807) is 30.3 Å². The van der Waals surface area contributed by atoms with Crippen LogP contribution in [0.3, 0.4) is 0 Å². The van der Waals surface area contributed by atoms with E-state index < -0.39 is 28.5 Å². The number of rotatable bonds is 12. The van der Waals surface area contributed by atoms with Crippen molar-refractivity contribution in [3.8, 4) is 0 Å². The Morgan fingerprint density at radius 2 is 1.49 bits per heavy atom. The van der Waals surface area contributed by atoms with Crippen molar-refractivity contribution in [3.63, 3.8) is 0 Å². The first-order valence-electron chi connectivity index (χ1n) is 13.3. The molecule has 1 unspecified atom stereocenters. The quantitative estimate of drug-likeness (QED) is 0.341. The molecule has 1 atom stereocenters. The Labute approximate surface area is 232 Å². The minimum Gasteiger partial charge on any atom is -0.354 e. The number of amides is 2. The Morgan fingerprint density at radius 1 is 0.872 bits per heavy atom. The third-order valence-electron chi connectivity index (χ3n) is 6.72. The Hall–Kier alpha value is -3.65. The van der Waals surface area contributed by atoms with Gasteiger partial charge < -0.3 is 10.2 Å². The summed E-state index contributed by atoms with van der Waals surface area (Å²) in [6.45, 7) is 9.84. The Balaban J connectivity index is 2.06. The van der Waals surface area contributed by atoms with E-state index in [0.29, 0.717) is 18.7 Å². The molecule has 8 heteroatoms. The van der Waals surface area contributed by atoms with Crippen LogP contribution in [0.25, 0.3) is 0 Å². The fourth-order valence-corrected chi connectivity index (χ4v) is 5.85. The zero-order valence-electron chi connectivity index (χ0n) is 23.4. The van der Waals surface area contributed by atoms with Gasteiger partial charge in [-0.3, -0.25) is 13.9 Å². The van der Waals surface area contributed by atoms with E-state index >= 15 is 0 Å². The van der Waals surface area contributed by atoms with Crippen molar-refractivity contribution >= 4 is 27.5 Å². The van der Waals surface area contributed by atoms with Crippen LogP contribution >= 0.6 is 0 Å². The van der Waals surface area contributed by atoms with Crippen LogP contribution in [-0.4, -0.2) is 44.3 Å². The molecule has 0 fully saturated rings. The van der Waals surface area contributed by atoms with E-state index in [1.165, 1.54) is 21.3 Å². The van der Waals surface area contributed by atoms with Crippen LogP contribution in [0.4, 0.5) is 5.69 Å². The SMILES string of the molecule is CCC(C(=O)NCC(C)C)N(Cc1ccccc1)C(=O)CN(c1cccc(C)c1C)S(=O)(=O)c1ccccc1. The predicted molar refractivity (Wildman–Crippen MR) is 156 cm³/mol. The average molecular weight is 550 g/mol. The Bertz CT molecular complexity index is 1360. The van der Waals surface area contributed by atoms with Crippen molar-refractivity contribution in [1.29, 1.82) is 0 Å². The molecule has 0 bridgehead atoms. The van der Waals surface area contributed by atoms with E-state index in [4.69, 9.17) is 0 Å². The highest BCUT2D eigenvalue weighted by Crippen LogP contribution is 2.29. The lowest BCUT2D eigenvalue weighted by atomic mass is 10.1. The maximum atomic E-state index is 14.1. The molecular formula is C31H39N3O4S. The Morgan fingerprint density at radius 3 is 2.08 bits per heavy atom. The second-order valence-corrected chi connectivity index (χ2v) is 12.0. The molecule has 0 aromatic heterocycles. The number of hydrogen-bond acceptors (Lipinski definition) is 4. The van der Waals surface area contributed by atoms with Gasteiger partial charge in [-0.15, -0.1) is 0 Å². The third kappa shape index (κ3) is 7.47. The summed E-state index contributed by atoms with van der Waals surface area (Å²) < 4.78 is 29.0. The molecule has 0 aliphatic rings. The fraction of sp³-hybridized carbons (Fsp3) is 0.355. The molecular weight excluding hydrogens is 510 g/mol. The maximum absolute atomic E-state index is 14.1. The topological polar surface area (TPSA) is 86.8 Å². The van der Waals surface area contributed by atoms with Crippen LogP contribution in [0.15, 0.2) is 83.8 Å². The lowest BCUT2D eigenvalue weighted by molar-refractivity contribution is -0.140. The van der Waals surface area contributed by atoms with Crippen molar-refractivity contribution in [2.24, 2.45) is 5.92 Å². The van der Waals surface area contributed by atoms with E-state index in [1.807, 2.05) is 71.0 Å². The highest BCUT2D eigenvalue weighted by atomic mass is 32.2. The maximum Gasteiger partial charge on any atom is 0.264 e. The highest BCUT2D eigenvalue weighted by molar-refractivity contribution is 7.92. The minimum atomic E-state index is -4.08. The second-order valence-electron chi connectivity index (χ2n) is 10.1. The van der Waals surface area contributed by atoms with Crippen molar-refractivity contribution in [2.75, 3.05) is 17.4 Å². The summed E-state index contributed by atoms with van der Waals surface area (Å²) in [6.07, 6.45) is 0.386. The highest BCUT2D eigenvalue weighted by Gasteiger charge is 2.34. The molecule has 0 heterocycles. The molecule has 3 rings (SSSR count). The van der Waals surface area contributed by atoms with Gasteiger partial charge in [-0.05, 0) is 61.1 Å². The molecule has 0 aliphatic carbocycles. The molecule has 7 nitrogen and oxygen atoms in total. The van der Waals surface area contributed by atoms with Gasteiger partial charge in [-0.2, -0.15) is 0 Å². The summed E-state index contributed by atoms with van der Waals surface area (Å²) in [6, 6.07) is 22.2. The zero-order valence-corrected chi connectivity index (χ0v) is 24.2. The molecule has 3 aromatic carbocycles. The summed E-state index contributed by atoms with van der Waals surface area (Å²) in [5, 5.41) is 2.95. The first kappa shape index (κ1) is 29.9. The molecule has 0 spiro atoms. The fourth-order valence-electron chi connectivity index (χ4n) is 4.36. The number of hydrogen-bond donors (Lipinski definition) is 1. The lowest BCUT2D eigenvalue weighted by Gasteiger charge is -2.33. The summed E-state index contributed by atoms with van der Waals surface area (Å²) in [5.41, 5.74) is 2.96. The standard InChI is InChI=1S/C31H39N3O4S/c1-6-28(31(36)32-20-23(2)3)33(21-26-15-9-7-10-16-26)30(35)22-34(29-19-13-14-24(4)25(29)5)39(37,38)27-17-11-8-12-18-27/h7-19,23,28H,6,20-22H2,1-5H3,(H,32,36). The molecule has 0 saturated heterocycles. The van der Waals surface area contributed by atoms with Gasteiger partial charge >= 0.3 is 0 Å². The number of benzene rings is 3. The van der Waals surface area contributed by atoms with Crippen LogP contribution in [0.2, 0.25) is 0 Å². The summed E-state index contributed by atoms with van der Waals surface area (Å²) in [7, 11) is -4.08. The van der Waals surface area contributed by atoms with E-state index in [0.717, 1.165) is 16.7 Å². The molecule has 3 aromatic rings. The van der Waals surface area contributed by atoms with Crippen molar-refractivity contribution < 1.29 is 18.0 Å². The van der Waals surface area contributed by atoms with E-state index in [-0.39, 0.29) is 23.3 Å². The summed E-state index contributed by atoms with van der Waals surface area (Å²) >= 11 is 0. The molecule has 2 amide bonds. The number of aryl methyl sites for hydroxylation is 1. The molecule has 0 radical (unpaired) electrons. The van der Waals surface area contributed by atoms with E-state index in [9.17, 15) is 18.0 Å². The van der Waals surface area contributed by atoms with Gasteiger partial charge in [0.05, 0.1) is 10.6 Å². The van der Waals surface area contributed by atoms with Gasteiger partial charge in [0, 0.05) is 13.1 Å². The van der Waals surface area contributed by atoms with Gasteiger partial charge in [0.2, 0.25) is 11.8 Å². The number of carbonyl (C=O) groups excluding carboxylic acids is 2.